The molecule has 1 aliphatic rings. The summed E-state index contributed by atoms with van der Waals surface area (Å²) in [5, 5.41) is 0. The van der Waals surface area contributed by atoms with Crippen LogP contribution in [0.2, 0.25) is 0 Å². The molecule has 0 spiro atoms. The molecule has 32 heavy (non-hydrogen) atoms. The molecule has 0 N–H and O–H groups in total. The zero-order valence-corrected chi connectivity index (χ0v) is 21.7. The first-order valence-corrected chi connectivity index (χ1v) is 11.2. The van der Waals surface area contributed by atoms with Crippen molar-refractivity contribution < 1.29 is 4.79 Å². The summed E-state index contributed by atoms with van der Waals surface area (Å²) < 4.78 is 0. The average molecular weight is 482 g/mol. The summed E-state index contributed by atoms with van der Waals surface area (Å²) >= 11 is 0. The predicted octanol–water partition coefficient (Wildman–Crippen LogP) is 5.38. The minimum atomic E-state index is 0. The molecule has 3 rings (SSSR count). The summed E-state index contributed by atoms with van der Waals surface area (Å²) in [5.41, 5.74) is 2.88. The lowest BCUT2D eigenvalue weighted by atomic mass is 10.0. The lowest BCUT2D eigenvalue weighted by Gasteiger charge is -2.37. The van der Waals surface area contributed by atoms with Gasteiger partial charge in [-0.25, -0.2) is 4.98 Å². The molecule has 2 heterocycles. The number of hydrogen-bond donors (Lipinski definition) is 0. The van der Waals surface area contributed by atoms with Gasteiger partial charge in [0.25, 0.3) is 5.91 Å². The molecule has 0 aliphatic carbocycles. The summed E-state index contributed by atoms with van der Waals surface area (Å²) in [6.07, 6.45) is 1.94. The Morgan fingerprint density at radius 1 is 0.812 bits per heavy atom. The second kappa shape index (κ2) is 12.4. The van der Waals surface area contributed by atoms with E-state index >= 15 is 0 Å². The molecule has 178 valence electrons. The number of aromatic nitrogens is 1. The number of nitrogens with zero attached hydrogens (tertiary/aromatic N) is 4. The third-order valence-electron chi connectivity index (χ3n) is 5.93. The fraction of sp³-hybridized carbons (Fsp3) is 0.520. The van der Waals surface area contributed by atoms with Crippen LogP contribution in [-0.4, -0.2) is 65.0 Å². The lowest BCUT2D eigenvalue weighted by Crippen LogP contribution is -2.49. The number of benzene rings is 1. The van der Waals surface area contributed by atoms with E-state index in [0.29, 0.717) is 6.04 Å². The highest BCUT2D eigenvalue weighted by molar-refractivity contribution is 5.95. The van der Waals surface area contributed by atoms with Crippen molar-refractivity contribution in [1.29, 1.82) is 0 Å². The fourth-order valence-corrected chi connectivity index (χ4v) is 4.23. The minimum Gasteiger partial charge on any atom is -0.354 e. The Hall–Kier alpha value is -1.82. The number of carbonyl (C=O) groups is 1. The fourth-order valence-electron chi connectivity index (χ4n) is 4.23. The van der Waals surface area contributed by atoms with Crippen LogP contribution in [-0.2, 0) is 0 Å². The molecule has 2 aromatic rings. The standard InChI is InChI=1S/C25H36N4O.2ClH/c1-18(2)27-13-15-28(16-14-27)24-12-11-23(17-26-24)21-7-9-22(10-8-21)25(30)29(19(3)4)20(5)6;;/h7-12,17-20H,13-16H2,1-6H3;2*1H. The number of amides is 1. The first-order valence-electron chi connectivity index (χ1n) is 11.2. The SMILES string of the molecule is CC(C)N1CCN(c2ccc(-c3ccc(C(=O)N(C(C)C)C(C)C)cc3)cn2)CC1.Cl.Cl. The molecule has 1 aromatic heterocycles. The van der Waals surface area contributed by atoms with Gasteiger partial charge in [-0.15, -0.1) is 24.8 Å². The molecule has 1 aliphatic heterocycles. The van der Waals surface area contributed by atoms with Crippen LogP contribution in [0.3, 0.4) is 0 Å². The van der Waals surface area contributed by atoms with E-state index in [1.54, 1.807) is 0 Å². The molecular formula is C25H38Cl2N4O. The van der Waals surface area contributed by atoms with Crippen molar-refractivity contribution in [2.24, 2.45) is 0 Å². The van der Waals surface area contributed by atoms with Gasteiger partial charge in [0.15, 0.2) is 0 Å². The van der Waals surface area contributed by atoms with Crippen LogP contribution < -0.4 is 4.90 Å². The molecule has 1 amide bonds. The molecule has 1 aromatic carbocycles. The maximum absolute atomic E-state index is 12.9. The molecule has 7 heteroatoms. The van der Waals surface area contributed by atoms with Gasteiger partial charge in [-0.2, -0.15) is 0 Å². The van der Waals surface area contributed by atoms with Crippen molar-refractivity contribution in [3.63, 3.8) is 0 Å². The van der Waals surface area contributed by atoms with E-state index in [0.717, 1.165) is 48.7 Å². The molecule has 0 atom stereocenters. The third-order valence-corrected chi connectivity index (χ3v) is 5.93. The highest BCUT2D eigenvalue weighted by Crippen LogP contribution is 2.23. The van der Waals surface area contributed by atoms with Crippen LogP contribution in [0, 0.1) is 0 Å². The number of halogens is 2. The lowest BCUT2D eigenvalue weighted by molar-refractivity contribution is 0.0644. The van der Waals surface area contributed by atoms with Crippen molar-refractivity contribution in [2.45, 2.75) is 59.7 Å². The van der Waals surface area contributed by atoms with E-state index in [2.05, 4.69) is 63.5 Å². The van der Waals surface area contributed by atoms with Gasteiger partial charge in [-0.05, 0) is 71.4 Å². The highest BCUT2D eigenvalue weighted by Gasteiger charge is 2.22. The number of carbonyl (C=O) groups excluding carboxylic acids is 1. The van der Waals surface area contributed by atoms with Crippen molar-refractivity contribution in [1.82, 2.24) is 14.8 Å². The van der Waals surface area contributed by atoms with Gasteiger partial charge in [0, 0.05) is 61.6 Å². The second-order valence-corrected chi connectivity index (χ2v) is 9.00. The first-order chi connectivity index (χ1) is 14.3. The third kappa shape index (κ3) is 6.60. The largest absolute Gasteiger partial charge is 0.354 e. The van der Waals surface area contributed by atoms with Gasteiger partial charge >= 0.3 is 0 Å². The average Bonchev–Trinajstić information content (AvgIpc) is 2.73. The van der Waals surface area contributed by atoms with Crippen LogP contribution >= 0.6 is 24.8 Å². The molecule has 1 fully saturated rings. The quantitative estimate of drug-likeness (QED) is 0.555. The first kappa shape index (κ1) is 28.2. The van der Waals surface area contributed by atoms with Crippen LogP contribution in [0.15, 0.2) is 42.6 Å². The topological polar surface area (TPSA) is 39.7 Å². The second-order valence-electron chi connectivity index (χ2n) is 9.00. The van der Waals surface area contributed by atoms with Crippen molar-refractivity contribution in [3.05, 3.63) is 48.2 Å². The summed E-state index contributed by atoms with van der Waals surface area (Å²) in [4.78, 5) is 24.4. The summed E-state index contributed by atoms with van der Waals surface area (Å²) in [7, 11) is 0. The molecule has 0 bridgehead atoms. The highest BCUT2D eigenvalue weighted by atomic mass is 35.5. The zero-order valence-electron chi connectivity index (χ0n) is 20.1. The smallest absolute Gasteiger partial charge is 0.254 e. The number of hydrogen-bond acceptors (Lipinski definition) is 4. The van der Waals surface area contributed by atoms with E-state index < -0.39 is 0 Å². The van der Waals surface area contributed by atoms with Gasteiger partial charge in [-0.1, -0.05) is 12.1 Å². The maximum Gasteiger partial charge on any atom is 0.254 e. The van der Waals surface area contributed by atoms with Gasteiger partial charge in [0.2, 0.25) is 0 Å². The minimum absolute atomic E-state index is 0. The van der Waals surface area contributed by atoms with Crippen LogP contribution in [0.1, 0.15) is 51.9 Å². The Bertz CT molecular complexity index is 822. The number of anilines is 1. The van der Waals surface area contributed by atoms with Crippen LogP contribution in [0.4, 0.5) is 5.82 Å². The molecule has 0 saturated carbocycles. The molecule has 0 radical (unpaired) electrons. The van der Waals surface area contributed by atoms with E-state index in [1.165, 1.54) is 0 Å². The van der Waals surface area contributed by atoms with Crippen LogP contribution in [0.5, 0.6) is 0 Å². The summed E-state index contributed by atoms with van der Waals surface area (Å²) in [6, 6.07) is 13.1. The normalized spacial score (nSPS) is 14.3. The predicted molar refractivity (Wildman–Crippen MR) is 140 cm³/mol. The molecular weight excluding hydrogens is 443 g/mol. The number of rotatable bonds is 6. The number of pyridine rings is 1. The van der Waals surface area contributed by atoms with Gasteiger partial charge < -0.3 is 9.80 Å². The molecule has 5 nitrogen and oxygen atoms in total. The maximum atomic E-state index is 12.9. The Morgan fingerprint density at radius 3 is 1.78 bits per heavy atom. The van der Waals surface area contributed by atoms with Crippen molar-refractivity contribution in [3.8, 4) is 11.1 Å². The van der Waals surface area contributed by atoms with Crippen LogP contribution in [0.25, 0.3) is 11.1 Å². The Labute approximate surface area is 206 Å². The monoisotopic (exact) mass is 480 g/mol. The summed E-state index contributed by atoms with van der Waals surface area (Å²) in [5.74, 6) is 1.12. The Balaban J connectivity index is 0.00000256. The van der Waals surface area contributed by atoms with Crippen molar-refractivity contribution >= 4 is 36.5 Å². The van der Waals surface area contributed by atoms with Crippen molar-refractivity contribution in [2.75, 3.05) is 31.1 Å². The van der Waals surface area contributed by atoms with E-state index in [1.807, 2.05) is 35.4 Å². The number of piperazine rings is 1. The summed E-state index contributed by atoms with van der Waals surface area (Å²) in [6.45, 7) is 16.9. The van der Waals surface area contributed by atoms with E-state index in [4.69, 9.17) is 4.98 Å². The van der Waals surface area contributed by atoms with Gasteiger partial charge in [0.05, 0.1) is 0 Å². The Kier molecular flexibility index (Phi) is 11.0. The molecule has 1 saturated heterocycles. The van der Waals surface area contributed by atoms with E-state index in [-0.39, 0.29) is 42.8 Å². The zero-order chi connectivity index (χ0) is 21.8. The van der Waals surface area contributed by atoms with Gasteiger partial charge in [-0.3, -0.25) is 9.69 Å². The van der Waals surface area contributed by atoms with Gasteiger partial charge in [0.1, 0.15) is 5.82 Å². The van der Waals surface area contributed by atoms with E-state index in [9.17, 15) is 4.79 Å². The molecule has 0 unspecified atom stereocenters. The Morgan fingerprint density at radius 2 is 1.34 bits per heavy atom.